The predicted octanol–water partition coefficient (Wildman–Crippen LogP) is 0.0449. The molecule has 0 radical (unpaired) electrons. The Kier molecular flexibility index (Phi) is 5.86. The molecule has 1 aromatic carbocycles. The van der Waals surface area contributed by atoms with Gasteiger partial charge in [-0.25, -0.2) is 0 Å². The zero-order chi connectivity index (χ0) is 12.7. The highest BCUT2D eigenvalue weighted by molar-refractivity contribution is 5.14. The topological polar surface area (TPSA) is 72.7 Å². The molecule has 0 saturated carbocycles. The number of rotatable bonds is 7. The maximum atomic E-state index is 9.71. The number of nitrogens with one attached hydrogen (secondary N) is 1. The maximum absolute atomic E-state index is 9.71. The van der Waals surface area contributed by atoms with E-state index in [4.69, 9.17) is 5.11 Å². The van der Waals surface area contributed by atoms with Gasteiger partial charge in [0, 0.05) is 6.54 Å². The normalized spacial score (nSPS) is 16.2. The molecule has 3 atom stereocenters. The molecule has 0 aliphatic heterocycles. The Balaban J connectivity index is 2.50. The molecule has 0 aliphatic carbocycles. The molecule has 0 fully saturated rings. The first-order valence-electron chi connectivity index (χ1n) is 5.56. The average molecular weight is 237 g/mol. The van der Waals surface area contributed by atoms with Gasteiger partial charge in [-0.2, -0.15) is 0 Å². The van der Waals surface area contributed by atoms with Crippen molar-refractivity contribution in [3.8, 4) is 0 Å². The van der Waals surface area contributed by atoms with E-state index in [2.05, 4.69) is 11.9 Å². The van der Waals surface area contributed by atoms with Gasteiger partial charge in [0.2, 0.25) is 0 Å². The van der Waals surface area contributed by atoms with Gasteiger partial charge in [-0.1, -0.05) is 36.4 Å². The Morgan fingerprint density at radius 2 is 1.88 bits per heavy atom. The van der Waals surface area contributed by atoms with Crippen molar-refractivity contribution in [3.63, 3.8) is 0 Å². The van der Waals surface area contributed by atoms with E-state index in [0.29, 0.717) is 6.54 Å². The zero-order valence-corrected chi connectivity index (χ0v) is 9.66. The molecule has 1 rings (SSSR count). The molecule has 0 unspecified atom stereocenters. The number of aliphatic hydroxyl groups excluding tert-OH is 3. The van der Waals surface area contributed by atoms with E-state index in [1.807, 2.05) is 30.3 Å². The maximum Gasteiger partial charge on any atom is 0.105 e. The van der Waals surface area contributed by atoms with E-state index >= 15 is 0 Å². The van der Waals surface area contributed by atoms with Crippen LogP contribution in [0.1, 0.15) is 5.56 Å². The minimum atomic E-state index is -1.17. The Morgan fingerprint density at radius 1 is 1.24 bits per heavy atom. The molecule has 0 spiro atoms. The van der Waals surface area contributed by atoms with Crippen LogP contribution in [0.2, 0.25) is 0 Å². The number of hydrogen-bond donors (Lipinski definition) is 4. The fourth-order valence-corrected chi connectivity index (χ4v) is 1.52. The van der Waals surface area contributed by atoms with E-state index in [-0.39, 0.29) is 0 Å². The molecule has 0 heterocycles. The van der Waals surface area contributed by atoms with Crippen LogP contribution in [0, 0.1) is 0 Å². The summed E-state index contributed by atoms with van der Waals surface area (Å²) in [4.78, 5) is 0. The lowest BCUT2D eigenvalue weighted by molar-refractivity contribution is -0.0245. The molecule has 0 bridgehead atoms. The predicted molar refractivity (Wildman–Crippen MR) is 66.4 cm³/mol. The van der Waals surface area contributed by atoms with Crippen molar-refractivity contribution in [2.75, 3.05) is 6.61 Å². The van der Waals surface area contributed by atoms with E-state index < -0.39 is 24.9 Å². The first kappa shape index (κ1) is 13.9. The lowest BCUT2D eigenvalue weighted by Gasteiger charge is -2.24. The molecule has 17 heavy (non-hydrogen) atoms. The van der Waals surface area contributed by atoms with Crippen LogP contribution in [0.25, 0.3) is 0 Å². The van der Waals surface area contributed by atoms with Crippen molar-refractivity contribution in [1.82, 2.24) is 5.32 Å². The van der Waals surface area contributed by atoms with E-state index in [0.717, 1.165) is 5.56 Å². The second kappa shape index (κ2) is 7.19. The summed E-state index contributed by atoms with van der Waals surface area (Å²) < 4.78 is 0. The number of aliphatic hydroxyl groups is 3. The van der Waals surface area contributed by atoms with Crippen molar-refractivity contribution in [1.29, 1.82) is 0 Å². The molecule has 0 saturated heterocycles. The minimum absolute atomic E-state index is 0.461. The van der Waals surface area contributed by atoms with Gasteiger partial charge >= 0.3 is 0 Å². The summed E-state index contributed by atoms with van der Waals surface area (Å²) >= 11 is 0. The molecular weight excluding hydrogens is 218 g/mol. The fourth-order valence-electron chi connectivity index (χ4n) is 1.52. The van der Waals surface area contributed by atoms with Gasteiger partial charge in [0.15, 0.2) is 0 Å². The molecule has 4 nitrogen and oxygen atoms in total. The van der Waals surface area contributed by atoms with Crippen LogP contribution in [-0.2, 0) is 6.54 Å². The first-order chi connectivity index (χ1) is 8.19. The van der Waals surface area contributed by atoms with Crippen molar-refractivity contribution in [2.24, 2.45) is 0 Å². The van der Waals surface area contributed by atoms with E-state index in [9.17, 15) is 10.2 Å². The van der Waals surface area contributed by atoms with Crippen LogP contribution in [0.3, 0.4) is 0 Å². The Labute approximate surface area is 101 Å². The smallest absolute Gasteiger partial charge is 0.105 e. The fraction of sp³-hybridized carbons (Fsp3) is 0.385. The third-order valence-electron chi connectivity index (χ3n) is 2.59. The van der Waals surface area contributed by atoms with Crippen LogP contribution in [0.5, 0.6) is 0 Å². The average Bonchev–Trinajstić information content (AvgIpc) is 2.39. The second-order valence-electron chi connectivity index (χ2n) is 3.87. The molecule has 0 aliphatic rings. The van der Waals surface area contributed by atoms with Gasteiger partial charge < -0.3 is 20.6 Å². The highest BCUT2D eigenvalue weighted by Gasteiger charge is 2.22. The summed E-state index contributed by atoms with van der Waals surface area (Å²) in [5.74, 6) is 0. The van der Waals surface area contributed by atoms with Gasteiger partial charge in [0.1, 0.15) is 12.2 Å². The van der Waals surface area contributed by atoms with E-state index in [1.54, 1.807) is 0 Å². The van der Waals surface area contributed by atoms with Crippen LogP contribution in [0.15, 0.2) is 43.0 Å². The zero-order valence-electron chi connectivity index (χ0n) is 9.66. The molecular formula is C13H19NO3. The lowest BCUT2D eigenvalue weighted by Crippen LogP contribution is -2.46. The van der Waals surface area contributed by atoms with Crippen molar-refractivity contribution < 1.29 is 15.3 Å². The summed E-state index contributed by atoms with van der Waals surface area (Å²) in [7, 11) is 0. The highest BCUT2D eigenvalue weighted by atomic mass is 16.4. The number of hydrogen-bond acceptors (Lipinski definition) is 4. The monoisotopic (exact) mass is 237 g/mol. The van der Waals surface area contributed by atoms with Crippen molar-refractivity contribution >= 4 is 0 Å². The standard InChI is InChI=1S/C13H19NO3/c1-2-11(13(17)12(16)9-15)14-8-10-6-4-3-5-7-10/h2-7,11-17H,1,8-9H2/t11-,12+,13+/m0/s1. The quantitative estimate of drug-likeness (QED) is 0.505. The number of benzene rings is 1. The molecule has 0 amide bonds. The Hall–Kier alpha value is -1.20. The van der Waals surface area contributed by atoms with Crippen molar-refractivity contribution in [3.05, 3.63) is 48.6 Å². The summed E-state index contributed by atoms with van der Waals surface area (Å²) in [6.45, 7) is 3.68. The van der Waals surface area contributed by atoms with E-state index in [1.165, 1.54) is 6.08 Å². The van der Waals surface area contributed by atoms with Crippen LogP contribution in [-0.4, -0.2) is 40.2 Å². The molecule has 94 valence electrons. The lowest BCUT2D eigenvalue weighted by atomic mass is 10.1. The third-order valence-corrected chi connectivity index (χ3v) is 2.59. The Bertz CT molecular complexity index is 329. The first-order valence-corrected chi connectivity index (χ1v) is 5.56. The second-order valence-corrected chi connectivity index (χ2v) is 3.87. The van der Waals surface area contributed by atoms with Crippen LogP contribution in [0.4, 0.5) is 0 Å². The van der Waals surface area contributed by atoms with Gasteiger partial charge in [-0.15, -0.1) is 6.58 Å². The van der Waals surface area contributed by atoms with Gasteiger partial charge in [0.05, 0.1) is 12.6 Å². The highest BCUT2D eigenvalue weighted by Crippen LogP contribution is 2.04. The van der Waals surface area contributed by atoms with Crippen LogP contribution < -0.4 is 5.32 Å². The molecule has 4 heteroatoms. The summed E-state index contributed by atoms with van der Waals surface area (Å²) in [6.07, 6.45) is -0.713. The van der Waals surface area contributed by atoms with Crippen molar-refractivity contribution in [2.45, 2.75) is 24.8 Å². The van der Waals surface area contributed by atoms with Gasteiger partial charge in [0.25, 0.3) is 0 Å². The molecule has 1 aromatic rings. The summed E-state index contributed by atoms with van der Waals surface area (Å²) in [6, 6.07) is 9.25. The minimum Gasteiger partial charge on any atom is -0.394 e. The van der Waals surface area contributed by atoms with Gasteiger partial charge in [-0.3, -0.25) is 0 Å². The summed E-state index contributed by atoms with van der Waals surface area (Å²) in [5.41, 5.74) is 1.07. The SMILES string of the molecule is C=C[C@H](NCc1ccccc1)[C@@H](O)[C@H](O)CO. The molecule has 0 aromatic heterocycles. The third kappa shape index (κ3) is 4.28. The largest absolute Gasteiger partial charge is 0.394 e. The molecule has 4 N–H and O–H groups in total. The summed E-state index contributed by atoms with van der Waals surface area (Å²) in [5, 5.41) is 30.9. The van der Waals surface area contributed by atoms with Gasteiger partial charge in [-0.05, 0) is 5.56 Å². The Morgan fingerprint density at radius 3 is 2.41 bits per heavy atom. The van der Waals surface area contributed by atoms with Crippen LogP contribution >= 0.6 is 0 Å².